The summed E-state index contributed by atoms with van der Waals surface area (Å²) in [6, 6.07) is 15.2. The number of hydrogen-bond donors (Lipinski definition) is 1. The number of ether oxygens (including phenoxy) is 2. The van der Waals surface area contributed by atoms with Crippen LogP contribution in [0.5, 0.6) is 11.5 Å². The minimum Gasteiger partial charge on any atom is -0.493 e. The Balaban J connectivity index is 1.64. The van der Waals surface area contributed by atoms with E-state index in [1.807, 2.05) is 36.4 Å². The van der Waals surface area contributed by atoms with Crippen LogP contribution in [0.25, 0.3) is 0 Å². The van der Waals surface area contributed by atoms with E-state index in [-0.39, 0.29) is 6.54 Å². The number of Topliss-reactive ketones (excluding diaryl/α,β-unsaturated/α-hetero) is 1. The molecule has 1 heterocycles. The van der Waals surface area contributed by atoms with E-state index in [4.69, 9.17) is 9.47 Å². The summed E-state index contributed by atoms with van der Waals surface area (Å²) in [5.74, 6) is -0.0949. The van der Waals surface area contributed by atoms with Crippen LogP contribution in [-0.2, 0) is 25.0 Å². The first-order valence-electron chi connectivity index (χ1n) is 9.57. The van der Waals surface area contributed by atoms with E-state index in [1.165, 1.54) is 0 Å². The standard InChI is InChI=1S/C23H25N3O4/c1-15-21(16(2)26(3)25-15)22(27)23(28)24-13-18-10-11-19(20(12-18)29-4)30-14-17-8-6-5-7-9-17/h5-12H,13-14H2,1-4H3,(H,24,28). The molecule has 0 aliphatic rings. The van der Waals surface area contributed by atoms with Crippen LogP contribution >= 0.6 is 0 Å². The summed E-state index contributed by atoms with van der Waals surface area (Å²) in [7, 11) is 3.30. The summed E-state index contributed by atoms with van der Waals surface area (Å²) >= 11 is 0. The van der Waals surface area contributed by atoms with Crippen LogP contribution in [0.2, 0.25) is 0 Å². The highest BCUT2D eigenvalue weighted by Crippen LogP contribution is 2.29. The zero-order chi connectivity index (χ0) is 21.7. The molecule has 0 aliphatic carbocycles. The first-order valence-corrected chi connectivity index (χ1v) is 9.57. The predicted molar refractivity (Wildman–Crippen MR) is 113 cm³/mol. The Morgan fingerprint density at radius 3 is 2.40 bits per heavy atom. The summed E-state index contributed by atoms with van der Waals surface area (Å²) in [4.78, 5) is 24.9. The van der Waals surface area contributed by atoms with Gasteiger partial charge in [0.25, 0.3) is 11.7 Å². The first kappa shape index (κ1) is 21.1. The fraction of sp³-hybridized carbons (Fsp3) is 0.261. The Morgan fingerprint density at radius 1 is 1.03 bits per heavy atom. The Bertz CT molecular complexity index is 1060. The van der Waals surface area contributed by atoms with Crippen molar-refractivity contribution < 1.29 is 19.1 Å². The van der Waals surface area contributed by atoms with Gasteiger partial charge in [-0.05, 0) is 37.1 Å². The average Bonchev–Trinajstić information content (AvgIpc) is 3.02. The number of carbonyl (C=O) groups excluding carboxylic acids is 2. The molecule has 2 aromatic carbocycles. The lowest BCUT2D eigenvalue weighted by Crippen LogP contribution is -2.31. The highest BCUT2D eigenvalue weighted by atomic mass is 16.5. The second-order valence-electron chi connectivity index (χ2n) is 6.94. The number of ketones is 1. The highest BCUT2D eigenvalue weighted by molar-refractivity contribution is 6.43. The van der Waals surface area contributed by atoms with Crippen LogP contribution in [0.3, 0.4) is 0 Å². The molecule has 7 nitrogen and oxygen atoms in total. The Hall–Kier alpha value is -3.61. The summed E-state index contributed by atoms with van der Waals surface area (Å²) in [6.45, 7) is 4.09. The van der Waals surface area contributed by atoms with Gasteiger partial charge in [-0.1, -0.05) is 36.4 Å². The average molecular weight is 407 g/mol. The SMILES string of the molecule is COc1cc(CNC(=O)C(=O)c2c(C)nn(C)c2C)ccc1OCc1ccccc1. The van der Waals surface area contributed by atoms with Crippen molar-refractivity contribution in [1.29, 1.82) is 0 Å². The third-order valence-electron chi connectivity index (χ3n) is 4.86. The largest absolute Gasteiger partial charge is 0.493 e. The number of aromatic nitrogens is 2. The van der Waals surface area contributed by atoms with E-state index < -0.39 is 11.7 Å². The molecule has 0 fully saturated rings. The summed E-state index contributed by atoms with van der Waals surface area (Å²) in [6.07, 6.45) is 0. The van der Waals surface area contributed by atoms with Crippen LogP contribution in [0, 0.1) is 13.8 Å². The van der Waals surface area contributed by atoms with E-state index in [0.717, 1.165) is 11.1 Å². The lowest BCUT2D eigenvalue weighted by Gasteiger charge is -2.13. The number of rotatable bonds is 8. The molecule has 0 bridgehead atoms. The zero-order valence-electron chi connectivity index (χ0n) is 17.6. The van der Waals surface area contributed by atoms with Gasteiger partial charge in [0.15, 0.2) is 11.5 Å². The topological polar surface area (TPSA) is 82.5 Å². The molecule has 0 unspecified atom stereocenters. The maximum Gasteiger partial charge on any atom is 0.292 e. The van der Waals surface area contributed by atoms with Crippen molar-refractivity contribution in [2.75, 3.05) is 7.11 Å². The minimum absolute atomic E-state index is 0.193. The van der Waals surface area contributed by atoms with Gasteiger partial charge in [0.1, 0.15) is 6.61 Å². The molecular weight excluding hydrogens is 382 g/mol. The van der Waals surface area contributed by atoms with Crippen LogP contribution in [-0.4, -0.2) is 28.6 Å². The van der Waals surface area contributed by atoms with Crippen molar-refractivity contribution >= 4 is 11.7 Å². The van der Waals surface area contributed by atoms with E-state index in [1.54, 1.807) is 44.8 Å². The Labute approximate surface area is 175 Å². The molecule has 30 heavy (non-hydrogen) atoms. The van der Waals surface area contributed by atoms with Gasteiger partial charge >= 0.3 is 0 Å². The molecule has 1 N–H and O–H groups in total. The van der Waals surface area contributed by atoms with Gasteiger partial charge in [-0.2, -0.15) is 5.10 Å². The Morgan fingerprint density at radius 2 is 1.77 bits per heavy atom. The lowest BCUT2D eigenvalue weighted by molar-refractivity contribution is -0.117. The van der Waals surface area contributed by atoms with Crippen LogP contribution < -0.4 is 14.8 Å². The van der Waals surface area contributed by atoms with Crippen molar-refractivity contribution in [2.24, 2.45) is 7.05 Å². The molecule has 1 aromatic heterocycles. The normalized spacial score (nSPS) is 10.5. The van der Waals surface area contributed by atoms with Gasteiger partial charge in [-0.3, -0.25) is 14.3 Å². The number of amides is 1. The number of hydrogen-bond acceptors (Lipinski definition) is 5. The second-order valence-corrected chi connectivity index (χ2v) is 6.94. The molecule has 3 aromatic rings. The first-order chi connectivity index (χ1) is 14.4. The molecular formula is C23H25N3O4. The smallest absolute Gasteiger partial charge is 0.292 e. The number of nitrogens with zero attached hydrogens (tertiary/aromatic N) is 2. The van der Waals surface area contributed by atoms with E-state index >= 15 is 0 Å². The third-order valence-corrected chi connectivity index (χ3v) is 4.86. The number of benzene rings is 2. The van der Waals surface area contributed by atoms with E-state index in [2.05, 4.69) is 10.4 Å². The quantitative estimate of drug-likeness (QED) is 0.458. The zero-order valence-corrected chi connectivity index (χ0v) is 17.6. The highest BCUT2D eigenvalue weighted by Gasteiger charge is 2.23. The molecule has 0 radical (unpaired) electrons. The van der Waals surface area contributed by atoms with Crippen molar-refractivity contribution in [3.05, 3.63) is 76.6 Å². The fourth-order valence-corrected chi connectivity index (χ4v) is 3.15. The molecule has 0 saturated carbocycles. The summed E-state index contributed by atoms with van der Waals surface area (Å²) < 4.78 is 12.9. The summed E-state index contributed by atoms with van der Waals surface area (Å²) in [5.41, 5.74) is 3.39. The number of carbonyl (C=O) groups is 2. The Kier molecular flexibility index (Phi) is 6.51. The van der Waals surface area contributed by atoms with Gasteiger partial charge in [-0.15, -0.1) is 0 Å². The third kappa shape index (κ3) is 4.68. The van der Waals surface area contributed by atoms with Gasteiger partial charge in [0, 0.05) is 19.3 Å². The summed E-state index contributed by atoms with van der Waals surface area (Å²) in [5, 5.41) is 6.86. The van der Waals surface area contributed by atoms with Gasteiger partial charge < -0.3 is 14.8 Å². The van der Waals surface area contributed by atoms with Crippen LogP contribution in [0.15, 0.2) is 48.5 Å². The minimum atomic E-state index is -0.669. The molecule has 156 valence electrons. The van der Waals surface area contributed by atoms with Crippen molar-refractivity contribution in [3.63, 3.8) is 0 Å². The molecule has 3 rings (SSSR count). The van der Waals surface area contributed by atoms with E-state index in [0.29, 0.717) is 35.1 Å². The van der Waals surface area contributed by atoms with Gasteiger partial charge in [0.2, 0.25) is 0 Å². The predicted octanol–water partition coefficient (Wildman–Crippen LogP) is 3.12. The molecule has 0 aliphatic heterocycles. The molecule has 0 saturated heterocycles. The van der Waals surface area contributed by atoms with Crippen LogP contribution in [0.1, 0.15) is 32.9 Å². The van der Waals surface area contributed by atoms with E-state index in [9.17, 15) is 9.59 Å². The van der Waals surface area contributed by atoms with Crippen molar-refractivity contribution in [3.8, 4) is 11.5 Å². The maximum absolute atomic E-state index is 12.5. The lowest BCUT2D eigenvalue weighted by atomic mass is 10.1. The van der Waals surface area contributed by atoms with Crippen LogP contribution in [0.4, 0.5) is 0 Å². The second kappa shape index (κ2) is 9.26. The van der Waals surface area contributed by atoms with Crippen molar-refractivity contribution in [2.45, 2.75) is 27.0 Å². The fourth-order valence-electron chi connectivity index (χ4n) is 3.15. The number of aryl methyl sites for hydroxylation is 2. The molecule has 7 heteroatoms. The maximum atomic E-state index is 12.5. The number of nitrogens with one attached hydrogen (secondary N) is 1. The number of methoxy groups -OCH3 is 1. The van der Waals surface area contributed by atoms with Gasteiger partial charge in [0.05, 0.1) is 18.4 Å². The van der Waals surface area contributed by atoms with Crippen molar-refractivity contribution in [1.82, 2.24) is 15.1 Å². The molecule has 0 atom stereocenters. The monoisotopic (exact) mass is 407 g/mol. The molecule has 0 spiro atoms. The molecule has 1 amide bonds. The van der Waals surface area contributed by atoms with Gasteiger partial charge in [-0.25, -0.2) is 0 Å².